The summed E-state index contributed by atoms with van der Waals surface area (Å²) in [5.41, 5.74) is 0.490. The maximum atomic E-state index is 10.8. The van der Waals surface area contributed by atoms with Crippen LogP contribution in [0, 0.1) is 11.3 Å². The Labute approximate surface area is 104 Å². The van der Waals surface area contributed by atoms with E-state index in [1.165, 1.54) is 32.2 Å². The van der Waals surface area contributed by atoms with Crippen LogP contribution < -0.4 is 0 Å². The van der Waals surface area contributed by atoms with E-state index in [1.54, 1.807) is 0 Å². The first-order valence-electron chi connectivity index (χ1n) is 6.92. The molecule has 3 nitrogen and oxygen atoms in total. The molecule has 0 aromatic heterocycles. The molecule has 1 aliphatic carbocycles. The molecule has 1 saturated heterocycles. The lowest BCUT2D eigenvalue weighted by Gasteiger charge is -2.37. The van der Waals surface area contributed by atoms with Crippen LogP contribution in [0.15, 0.2) is 0 Å². The highest BCUT2D eigenvalue weighted by Crippen LogP contribution is 2.40. The average Bonchev–Trinajstić information content (AvgIpc) is 2.58. The van der Waals surface area contributed by atoms with Gasteiger partial charge in [-0.25, -0.2) is 0 Å². The molecule has 0 radical (unpaired) electrons. The van der Waals surface area contributed by atoms with Crippen molar-refractivity contribution < 1.29 is 9.90 Å². The van der Waals surface area contributed by atoms with E-state index in [0.717, 1.165) is 13.0 Å². The number of rotatable bonds is 3. The summed E-state index contributed by atoms with van der Waals surface area (Å²) >= 11 is 0. The number of hydrogen-bond acceptors (Lipinski definition) is 2. The van der Waals surface area contributed by atoms with E-state index in [0.29, 0.717) is 23.8 Å². The molecule has 1 N–H and O–H groups in total. The molecule has 1 heterocycles. The second-order valence-corrected chi connectivity index (χ2v) is 6.66. The number of piperidine rings is 1. The number of carboxylic acid groups (broad SMARTS) is 1. The van der Waals surface area contributed by atoms with Crippen LogP contribution >= 0.6 is 0 Å². The summed E-state index contributed by atoms with van der Waals surface area (Å²) in [4.78, 5) is 13.3. The zero-order valence-corrected chi connectivity index (χ0v) is 11.1. The van der Waals surface area contributed by atoms with Gasteiger partial charge in [0, 0.05) is 19.0 Å². The van der Waals surface area contributed by atoms with Crippen LogP contribution in [0.4, 0.5) is 0 Å². The maximum Gasteiger partial charge on any atom is 0.303 e. The number of aliphatic carboxylic acids is 1. The number of hydrogen-bond donors (Lipinski definition) is 1. The highest BCUT2D eigenvalue weighted by atomic mass is 16.4. The third-order valence-electron chi connectivity index (χ3n) is 4.47. The molecule has 1 aliphatic heterocycles. The van der Waals surface area contributed by atoms with Crippen molar-refractivity contribution in [3.8, 4) is 0 Å². The third-order valence-corrected chi connectivity index (χ3v) is 4.47. The normalized spacial score (nSPS) is 33.8. The first-order chi connectivity index (χ1) is 7.96. The van der Waals surface area contributed by atoms with Gasteiger partial charge in [0.15, 0.2) is 0 Å². The number of carboxylic acids is 1. The fraction of sp³-hybridized carbons (Fsp3) is 0.929. The van der Waals surface area contributed by atoms with E-state index >= 15 is 0 Å². The summed E-state index contributed by atoms with van der Waals surface area (Å²) in [6.07, 6.45) is 6.53. The smallest absolute Gasteiger partial charge is 0.303 e. The van der Waals surface area contributed by atoms with Gasteiger partial charge in [0.05, 0.1) is 0 Å². The van der Waals surface area contributed by atoms with Gasteiger partial charge in [0.1, 0.15) is 0 Å². The molecule has 0 aromatic rings. The van der Waals surface area contributed by atoms with Crippen LogP contribution in [0.5, 0.6) is 0 Å². The Morgan fingerprint density at radius 2 is 2.18 bits per heavy atom. The van der Waals surface area contributed by atoms with Gasteiger partial charge in [0.25, 0.3) is 0 Å². The standard InChI is InChI=1S/C14H25NO2/c1-14(2)6-5-12(9-14)15-7-3-4-11(10-15)8-13(16)17/h11-12H,3-10H2,1-2H3,(H,16,17). The molecule has 0 amide bonds. The van der Waals surface area contributed by atoms with Gasteiger partial charge in [0.2, 0.25) is 0 Å². The van der Waals surface area contributed by atoms with E-state index in [9.17, 15) is 4.79 Å². The minimum atomic E-state index is -0.636. The minimum absolute atomic E-state index is 0.354. The molecule has 17 heavy (non-hydrogen) atoms. The Morgan fingerprint density at radius 1 is 1.41 bits per heavy atom. The molecule has 0 bridgehead atoms. The minimum Gasteiger partial charge on any atom is -0.481 e. The van der Waals surface area contributed by atoms with Crippen molar-refractivity contribution in [1.29, 1.82) is 0 Å². The van der Waals surface area contributed by atoms with Gasteiger partial charge < -0.3 is 10.0 Å². The summed E-state index contributed by atoms with van der Waals surface area (Å²) in [5, 5.41) is 8.88. The molecule has 2 unspecified atom stereocenters. The van der Waals surface area contributed by atoms with E-state index < -0.39 is 5.97 Å². The molecular weight excluding hydrogens is 214 g/mol. The summed E-state index contributed by atoms with van der Waals surface area (Å²) in [5.74, 6) is -0.256. The molecule has 2 atom stereocenters. The van der Waals surface area contributed by atoms with Gasteiger partial charge in [-0.2, -0.15) is 0 Å². The molecule has 98 valence electrons. The van der Waals surface area contributed by atoms with Gasteiger partial charge in [-0.1, -0.05) is 13.8 Å². The fourth-order valence-electron chi connectivity index (χ4n) is 3.55. The van der Waals surface area contributed by atoms with Crippen LogP contribution in [0.2, 0.25) is 0 Å². The van der Waals surface area contributed by atoms with Crippen molar-refractivity contribution in [2.45, 2.75) is 58.4 Å². The molecular formula is C14H25NO2. The summed E-state index contributed by atoms with van der Waals surface area (Å²) in [6.45, 7) is 6.89. The predicted molar refractivity (Wildman–Crippen MR) is 68.0 cm³/mol. The molecule has 0 aromatic carbocycles. The first-order valence-corrected chi connectivity index (χ1v) is 6.92. The Hall–Kier alpha value is -0.570. The predicted octanol–water partition coefficient (Wildman–Crippen LogP) is 2.75. The maximum absolute atomic E-state index is 10.8. The van der Waals surface area contributed by atoms with Crippen molar-refractivity contribution in [2.24, 2.45) is 11.3 Å². The van der Waals surface area contributed by atoms with Gasteiger partial charge in [-0.3, -0.25) is 4.79 Å². The zero-order valence-electron chi connectivity index (χ0n) is 11.1. The molecule has 2 fully saturated rings. The average molecular weight is 239 g/mol. The van der Waals surface area contributed by atoms with Crippen molar-refractivity contribution in [2.75, 3.05) is 13.1 Å². The number of nitrogens with zero attached hydrogens (tertiary/aromatic N) is 1. The van der Waals surface area contributed by atoms with Gasteiger partial charge >= 0.3 is 5.97 Å². The number of carbonyl (C=O) groups is 1. The largest absolute Gasteiger partial charge is 0.481 e. The monoisotopic (exact) mass is 239 g/mol. The van der Waals surface area contributed by atoms with E-state index in [-0.39, 0.29) is 0 Å². The molecule has 2 rings (SSSR count). The van der Waals surface area contributed by atoms with Crippen LogP contribution in [0.3, 0.4) is 0 Å². The quantitative estimate of drug-likeness (QED) is 0.823. The molecule has 2 aliphatic rings. The zero-order chi connectivity index (χ0) is 12.5. The SMILES string of the molecule is CC1(C)CCC(N2CCCC(CC(=O)O)C2)C1. The van der Waals surface area contributed by atoms with Crippen molar-refractivity contribution in [3.63, 3.8) is 0 Å². The molecule has 0 spiro atoms. The number of likely N-dealkylation sites (tertiary alicyclic amines) is 1. The van der Waals surface area contributed by atoms with E-state index in [2.05, 4.69) is 18.7 Å². The Balaban J connectivity index is 1.87. The second-order valence-electron chi connectivity index (χ2n) is 6.66. The molecule has 1 saturated carbocycles. The van der Waals surface area contributed by atoms with E-state index in [4.69, 9.17) is 5.11 Å². The topological polar surface area (TPSA) is 40.5 Å². The first kappa shape index (κ1) is 12.9. The van der Waals surface area contributed by atoms with Crippen molar-refractivity contribution >= 4 is 5.97 Å². The summed E-state index contributed by atoms with van der Waals surface area (Å²) < 4.78 is 0. The van der Waals surface area contributed by atoms with Crippen LogP contribution in [-0.4, -0.2) is 35.1 Å². The lowest BCUT2D eigenvalue weighted by Crippen LogP contribution is -2.42. The highest BCUT2D eigenvalue weighted by Gasteiger charge is 2.36. The Bertz CT molecular complexity index is 288. The Kier molecular flexibility index (Phi) is 3.76. The van der Waals surface area contributed by atoms with Crippen molar-refractivity contribution in [1.82, 2.24) is 4.90 Å². The third kappa shape index (κ3) is 3.44. The van der Waals surface area contributed by atoms with Gasteiger partial charge in [-0.05, 0) is 50.0 Å². The van der Waals surface area contributed by atoms with Crippen LogP contribution in [0.25, 0.3) is 0 Å². The highest BCUT2D eigenvalue weighted by molar-refractivity contribution is 5.67. The summed E-state index contributed by atoms with van der Waals surface area (Å²) in [6, 6.07) is 0.710. The van der Waals surface area contributed by atoms with Gasteiger partial charge in [-0.15, -0.1) is 0 Å². The lowest BCUT2D eigenvalue weighted by atomic mass is 9.90. The Morgan fingerprint density at radius 3 is 2.76 bits per heavy atom. The molecule has 3 heteroatoms. The van der Waals surface area contributed by atoms with E-state index in [1.807, 2.05) is 0 Å². The second kappa shape index (κ2) is 4.97. The summed E-state index contributed by atoms with van der Waals surface area (Å²) in [7, 11) is 0. The van der Waals surface area contributed by atoms with Crippen LogP contribution in [-0.2, 0) is 4.79 Å². The lowest BCUT2D eigenvalue weighted by molar-refractivity contribution is -0.138. The van der Waals surface area contributed by atoms with Crippen LogP contribution in [0.1, 0.15) is 52.4 Å². The fourth-order valence-corrected chi connectivity index (χ4v) is 3.55. The van der Waals surface area contributed by atoms with Crippen molar-refractivity contribution in [3.05, 3.63) is 0 Å².